The van der Waals surface area contributed by atoms with Crippen molar-refractivity contribution in [1.29, 1.82) is 0 Å². The van der Waals surface area contributed by atoms with E-state index in [1.54, 1.807) is 24.3 Å². The zero-order valence-corrected chi connectivity index (χ0v) is 11.8. The molecular weight excluding hydrogens is 298 g/mol. The number of carboxylic acids is 1. The fraction of sp³-hybridized carbons (Fsp3) is 0.214. The largest absolute Gasteiger partial charge is 0.548 e. The van der Waals surface area contributed by atoms with Crippen LogP contribution in [0.15, 0.2) is 35.6 Å². The van der Waals surface area contributed by atoms with Crippen molar-refractivity contribution < 1.29 is 24.6 Å². The van der Waals surface area contributed by atoms with E-state index in [0.717, 1.165) is 4.90 Å². The van der Waals surface area contributed by atoms with Crippen LogP contribution in [0, 0.1) is 0 Å². The molecule has 1 heterocycles. The number of halogens is 1. The van der Waals surface area contributed by atoms with Crippen molar-refractivity contribution in [3.8, 4) is 0 Å². The van der Waals surface area contributed by atoms with Crippen LogP contribution in [0.3, 0.4) is 0 Å². The number of aliphatic hydroxyl groups is 1. The molecule has 0 fully saturated rings. The van der Waals surface area contributed by atoms with E-state index in [1.165, 1.54) is 6.92 Å². The zero-order valence-electron chi connectivity index (χ0n) is 11.0. The molecule has 0 aliphatic carbocycles. The van der Waals surface area contributed by atoms with Crippen molar-refractivity contribution in [1.82, 2.24) is 4.90 Å². The van der Waals surface area contributed by atoms with Gasteiger partial charge in [0.25, 0.3) is 5.91 Å². The average Bonchev–Trinajstić information content (AvgIpc) is 2.64. The molecule has 1 amide bonds. The summed E-state index contributed by atoms with van der Waals surface area (Å²) in [6.45, 7) is 0.469. The topological polar surface area (TPSA) is 97.7 Å². The van der Waals surface area contributed by atoms with E-state index >= 15 is 0 Å². The predicted molar refractivity (Wildman–Crippen MR) is 71.2 cm³/mol. The van der Waals surface area contributed by atoms with Crippen molar-refractivity contribution in [3.05, 3.63) is 46.2 Å². The van der Waals surface area contributed by atoms with Crippen molar-refractivity contribution in [2.75, 3.05) is 6.54 Å². The van der Waals surface area contributed by atoms with Gasteiger partial charge in [-0.15, -0.1) is 0 Å². The second-order valence-electron chi connectivity index (χ2n) is 4.58. The number of carboxylic acid groups (broad SMARTS) is 1. The van der Waals surface area contributed by atoms with Gasteiger partial charge in [-0.05, 0) is 24.6 Å². The number of amides is 1. The van der Waals surface area contributed by atoms with E-state index in [9.17, 15) is 24.6 Å². The molecule has 6 nitrogen and oxygen atoms in total. The number of rotatable bonds is 4. The van der Waals surface area contributed by atoms with E-state index in [2.05, 4.69) is 0 Å². The lowest BCUT2D eigenvalue weighted by Gasteiger charge is -2.26. The highest BCUT2D eigenvalue weighted by Gasteiger charge is 2.42. The molecule has 0 bridgehead atoms. The maximum absolute atomic E-state index is 12.0. The van der Waals surface area contributed by atoms with Gasteiger partial charge in [0.05, 0.1) is 24.1 Å². The van der Waals surface area contributed by atoms with Crippen LogP contribution in [0.2, 0.25) is 5.02 Å². The summed E-state index contributed by atoms with van der Waals surface area (Å²) in [5.74, 6) is -3.64. The number of Topliss-reactive ketones (excluding diaryl/α,β-unsaturated/α-hetero) is 1. The maximum atomic E-state index is 12.0. The van der Waals surface area contributed by atoms with Gasteiger partial charge in [0.15, 0.2) is 11.5 Å². The summed E-state index contributed by atoms with van der Waals surface area (Å²) < 4.78 is 0. The lowest BCUT2D eigenvalue weighted by Crippen LogP contribution is -2.41. The molecule has 1 aliphatic rings. The Hall–Kier alpha value is -2.34. The molecule has 21 heavy (non-hydrogen) atoms. The number of nitrogens with zero attached hydrogens (tertiary/aromatic N) is 1. The molecule has 7 heteroatoms. The Bertz CT molecular complexity index is 650. The number of aliphatic carboxylic acids is 1. The molecule has 0 saturated carbocycles. The summed E-state index contributed by atoms with van der Waals surface area (Å²) in [4.78, 5) is 35.3. The molecule has 110 valence electrons. The predicted octanol–water partition coefficient (Wildman–Crippen LogP) is 0.374. The maximum Gasteiger partial charge on any atom is 0.290 e. The number of carbonyl (C=O) groups is 3. The second-order valence-corrected chi connectivity index (χ2v) is 5.01. The van der Waals surface area contributed by atoms with E-state index in [0.29, 0.717) is 10.6 Å². The molecule has 0 spiro atoms. The van der Waals surface area contributed by atoms with Crippen LogP contribution < -0.4 is 5.11 Å². The van der Waals surface area contributed by atoms with Crippen LogP contribution in [0.4, 0.5) is 0 Å². The van der Waals surface area contributed by atoms with Gasteiger partial charge < -0.3 is 19.9 Å². The minimum Gasteiger partial charge on any atom is -0.548 e. The first kappa shape index (κ1) is 15.1. The average molecular weight is 309 g/mol. The van der Waals surface area contributed by atoms with Gasteiger partial charge in [-0.25, -0.2) is 0 Å². The molecule has 0 saturated heterocycles. The third-order valence-electron chi connectivity index (χ3n) is 3.17. The minimum absolute atomic E-state index is 0.136. The van der Waals surface area contributed by atoms with Crippen LogP contribution in [-0.4, -0.2) is 34.2 Å². The summed E-state index contributed by atoms with van der Waals surface area (Å²) in [6.07, 6.45) is 0. The SMILES string of the molecule is CC(=O)C1=C(O)C(=O)N(CC(=O)[O-])[C@H]1c1ccc(Cl)cc1. The number of carbonyl (C=O) groups excluding carboxylic acids is 3. The fourth-order valence-electron chi connectivity index (χ4n) is 2.31. The smallest absolute Gasteiger partial charge is 0.290 e. The van der Waals surface area contributed by atoms with Crippen molar-refractivity contribution in [3.63, 3.8) is 0 Å². The van der Waals surface area contributed by atoms with Gasteiger partial charge in [0.2, 0.25) is 0 Å². The number of benzene rings is 1. The van der Waals surface area contributed by atoms with Gasteiger partial charge in [-0.3, -0.25) is 9.59 Å². The summed E-state index contributed by atoms with van der Waals surface area (Å²) >= 11 is 5.78. The summed E-state index contributed by atoms with van der Waals surface area (Å²) in [6, 6.07) is 5.25. The molecule has 1 aromatic carbocycles. The molecule has 0 aromatic heterocycles. The number of hydrogen-bond acceptors (Lipinski definition) is 5. The number of aliphatic hydroxyl groups excluding tert-OH is 1. The van der Waals surface area contributed by atoms with Crippen LogP contribution in [0.1, 0.15) is 18.5 Å². The quantitative estimate of drug-likeness (QED) is 0.867. The monoisotopic (exact) mass is 308 g/mol. The van der Waals surface area contributed by atoms with Crippen molar-refractivity contribution in [2.45, 2.75) is 13.0 Å². The third kappa shape index (κ3) is 2.75. The Kier molecular flexibility index (Phi) is 3.99. The summed E-state index contributed by atoms with van der Waals surface area (Å²) in [7, 11) is 0. The zero-order chi connectivity index (χ0) is 15.7. The molecule has 0 radical (unpaired) electrons. The molecule has 1 aliphatic heterocycles. The Morgan fingerprint density at radius 3 is 2.38 bits per heavy atom. The van der Waals surface area contributed by atoms with E-state index < -0.39 is 36.0 Å². The lowest BCUT2D eigenvalue weighted by atomic mass is 9.97. The number of hydrogen-bond donors (Lipinski definition) is 1. The standard InChI is InChI=1S/C14H12ClNO5/c1-7(17)11-12(8-2-4-9(15)5-3-8)16(6-10(18)19)14(21)13(11)20/h2-5,12,20H,6H2,1H3,(H,18,19)/p-1/t12-/m0/s1. The molecule has 2 rings (SSSR count). The number of ketones is 1. The van der Waals surface area contributed by atoms with Gasteiger partial charge >= 0.3 is 0 Å². The highest BCUT2D eigenvalue weighted by Crippen LogP contribution is 2.37. The van der Waals surface area contributed by atoms with E-state index in [4.69, 9.17) is 11.6 Å². The highest BCUT2D eigenvalue weighted by atomic mass is 35.5. The minimum atomic E-state index is -1.49. The molecule has 1 aromatic rings. The first-order valence-electron chi connectivity index (χ1n) is 6.03. The van der Waals surface area contributed by atoms with Crippen LogP contribution in [-0.2, 0) is 14.4 Å². The van der Waals surface area contributed by atoms with E-state index in [1.807, 2.05) is 0 Å². The van der Waals surface area contributed by atoms with Crippen LogP contribution in [0.5, 0.6) is 0 Å². The second kappa shape index (κ2) is 5.57. The normalized spacial score (nSPS) is 18.3. The Labute approximate surface area is 125 Å². The third-order valence-corrected chi connectivity index (χ3v) is 3.42. The molecule has 0 unspecified atom stereocenters. The van der Waals surface area contributed by atoms with Gasteiger partial charge in [-0.1, -0.05) is 23.7 Å². The van der Waals surface area contributed by atoms with Gasteiger partial charge in [0.1, 0.15) is 0 Å². The molecule has 1 atom stereocenters. The van der Waals surface area contributed by atoms with Crippen molar-refractivity contribution >= 4 is 29.3 Å². The Balaban J connectivity index is 2.53. The Morgan fingerprint density at radius 2 is 1.90 bits per heavy atom. The summed E-state index contributed by atoms with van der Waals surface area (Å²) in [5, 5.41) is 21.1. The van der Waals surface area contributed by atoms with Gasteiger partial charge in [0, 0.05) is 5.02 Å². The highest BCUT2D eigenvalue weighted by molar-refractivity contribution is 6.30. The van der Waals surface area contributed by atoms with Crippen LogP contribution in [0.25, 0.3) is 0 Å². The summed E-state index contributed by atoms with van der Waals surface area (Å²) in [5.41, 5.74) is 0.340. The molecular formula is C14H11ClNO5-. The fourth-order valence-corrected chi connectivity index (χ4v) is 2.43. The first-order valence-corrected chi connectivity index (χ1v) is 6.41. The lowest BCUT2D eigenvalue weighted by molar-refractivity contribution is -0.306. The van der Waals surface area contributed by atoms with Gasteiger partial charge in [-0.2, -0.15) is 0 Å². The van der Waals surface area contributed by atoms with Crippen LogP contribution >= 0.6 is 11.6 Å². The Morgan fingerprint density at radius 1 is 1.33 bits per heavy atom. The van der Waals surface area contributed by atoms with E-state index in [-0.39, 0.29) is 5.57 Å². The van der Waals surface area contributed by atoms with Crippen molar-refractivity contribution in [2.24, 2.45) is 0 Å². The first-order chi connectivity index (χ1) is 9.82. The molecule has 1 N–H and O–H groups in total.